The van der Waals surface area contributed by atoms with E-state index >= 15 is 0 Å². The Hall–Kier alpha value is -1.78. The second-order valence-corrected chi connectivity index (χ2v) is 6.80. The van der Waals surface area contributed by atoms with E-state index < -0.39 is 0 Å². The van der Waals surface area contributed by atoms with Gasteiger partial charge in [0.15, 0.2) is 0 Å². The first-order chi connectivity index (χ1) is 12.1. The van der Waals surface area contributed by atoms with Gasteiger partial charge >= 0.3 is 0 Å². The van der Waals surface area contributed by atoms with Crippen LogP contribution in [0.25, 0.3) is 5.57 Å². The van der Waals surface area contributed by atoms with Crippen molar-refractivity contribution in [1.29, 1.82) is 0 Å². The van der Waals surface area contributed by atoms with Crippen molar-refractivity contribution in [3.63, 3.8) is 0 Å². The van der Waals surface area contributed by atoms with E-state index in [1.54, 1.807) is 0 Å². The molecule has 1 aliphatic rings. The molecule has 134 valence electrons. The molecule has 2 aromatic rings. The third-order valence-electron chi connectivity index (χ3n) is 4.38. The van der Waals surface area contributed by atoms with Crippen LogP contribution in [0.2, 0.25) is 0 Å². The van der Waals surface area contributed by atoms with Gasteiger partial charge in [0, 0.05) is 15.8 Å². The normalized spacial score (nSPS) is 13.6. The SMILES string of the molecule is CCc1c(N)cccc1Br.CCc1c(N)cccc1C1=CCOCC1. The molecule has 2 aromatic carbocycles. The van der Waals surface area contributed by atoms with Crippen molar-refractivity contribution >= 4 is 32.9 Å². The van der Waals surface area contributed by atoms with Crippen molar-refractivity contribution in [3.8, 4) is 0 Å². The zero-order valence-electron chi connectivity index (χ0n) is 15.0. The number of hydrogen-bond donors (Lipinski definition) is 2. The van der Waals surface area contributed by atoms with Crippen LogP contribution in [0.1, 0.15) is 37.0 Å². The van der Waals surface area contributed by atoms with Crippen molar-refractivity contribution in [1.82, 2.24) is 0 Å². The molecule has 0 unspecified atom stereocenters. The molecule has 0 saturated carbocycles. The molecular formula is C21H27BrN2O. The lowest BCUT2D eigenvalue weighted by Crippen LogP contribution is -2.06. The molecule has 3 rings (SSSR count). The quantitative estimate of drug-likeness (QED) is 0.690. The number of anilines is 2. The lowest BCUT2D eigenvalue weighted by atomic mass is 9.94. The molecule has 4 N–H and O–H groups in total. The molecular weight excluding hydrogens is 376 g/mol. The molecule has 0 amide bonds. The largest absolute Gasteiger partial charge is 0.398 e. The lowest BCUT2D eigenvalue weighted by Gasteiger charge is -2.17. The van der Waals surface area contributed by atoms with Gasteiger partial charge in [0.05, 0.1) is 13.2 Å². The standard InChI is InChI=1S/C13H17NO.C8H10BrN/c1-2-11-12(4-3-5-13(11)14)10-6-8-15-9-7-10;1-2-6-7(9)4-3-5-8(6)10/h3-6H,2,7-9,14H2,1H3;3-5H,2,10H2,1H3. The summed E-state index contributed by atoms with van der Waals surface area (Å²) in [6.07, 6.45) is 5.13. The van der Waals surface area contributed by atoms with E-state index in [0.29, 0.717) is 0 Å². The van der Waals surface area contributed by atoms with Crippen LogP contribution in [0.15, 0.2) is 46.9 Å². The van der Waals surface area contributed by atoms with E-state index in [2.05, 4.69) is 41.9 Å². The number of hydrogen-bond acceptors (Lipinski definition) is 3. The number of ether oxygens (including phenoxy) is 1. The summed E-state index contributed by atoms with van der Waals surface area (Å²) >= 11 is 3.43. The first kappa shape index (κ1) is 19.5. The Morgan fingerprint density at radius 3 is 2.12 bits per heavy atom. The predicted molar refractivity (Wildman–Crippen MR) is 112 cm³/mol. The minimum absolute atomic E-state index is 0.729. The molecule has 0 atom stereocenters. The maximum atomic E-state index is 5.98. The molecule has 1 aliphatic heterocycles. The summed E-state index contributed by atoms with van der Waals surface area (Å²) < 4.78 is 6.42. The predicted octanol–water partition coefficient (Wildman–Crippen LogP) is 5.23. The lowest BCUT2D eigenvalue weighted by molar-refractivity contribution is 0.161. The number of halogens is 1. The topological polar surface area (TPSA) is 61.3 Å². The Balaban J connectivity index is 0.000000196. The van der Waals surface area contributed by atoms with E-state index in [-0.39, 0.29) is 0 Å². The highest BCUT2D eigenvalue weighted by Crippen LogP contribution is 2.28. The fraction of sp³-hybridized carbons (Fsp3) is 0.333. The van der Waals surface area contributed by atoms with Crippen LogP contribution < -0.4 is 11.5 Å². The van der Waals surface area contributed by atoms with Gasteiger partial charge in [0.2, 0.25) is 0 Å². The van der Waals surface area contributed by atoms with Gasteiger partial charge in [-0.05, 0) is 59.7 Å². The Morgan fingerprint density at radius 1 is 0.960 bits per heavy atom. The molecule has 0 radical (unpaired) electrons. The number of rotatable bonds is 3. The smallest absolute Gasteiger partial charge is 0.0653 e. The van der Waals surface area contributed by atoms with Crippen molar-refractivity contribution in [2.45, 2.75) is 33.1 Å². The van der Waals surface area contributed by atoms with Crippen molar-refractivity contribution < 1.29 is 4.74 Å². The average molecular weight is 403 g/mol. The van der Waals surface area contributed by atoms with Crippen LogP contribution in [0.4, 0.5) is 11.4 Å². The van der Waals surface area contributed by atoms with Crippen LogP contribution in [-0.4, -0.2) is 13.2 Å². The second-order valence-electron chi connectivity index (χ2n) is 5.94. The Morgan fingerprint density at radius 2 is 1.60 bits per heavy atom. The van der Waals surface area contributed by atoms with Gasteiger partial charge in [-0.3, -0.25) is 0 Å². The Labute approximate surface area is 159 Å². The monoisotopic (exact) mass is 402 g/mol. The number of benzene rings is 2. The average Bonchev–Trinajstić information content (AvgIpc) is 2.63. The fourth-order valence-corrected chi connectivity index (χ4v) is 3.68. The van der Waals surface area contributed by atoms with Crippen molar-refractivity contribution in [3.05, 3.63) is 63.6 Å². The van der Waals surface area contributed by atoms with Gasteiger partial charge < -0.3 is 16.2 Å². The van der Waals surface area contributed by atoms with Crippen LogP contribution in [0, 0.1) is 0 Å². The summed E-state index contributed by atoms with van der Waals surface area (Å²) in [7, 11) is 0. The summed E-state index contributed by atoms with van der Waals surface area (Å²) in [5, 5.41) is 0. The number of nitrogen functional groups attached to an aromatic ring is 2. The third-order valence-corrected chi connectivity index (χ3v) is 5.13. The highest BCUT2D eigenvalue weighted by molar-refractivity contribution is 9.10. The molecule has 4 heteroatoms. The van der Waals surface area contributed by atoms with E-state index in [1.807, 2.05) is 30.3 Å². The third kappa shape index (κ3) is 5.10. The molecule has 3 nitrogen and oxygen atoms in total. The molecule has 0 saturated heterocycles. The van der Waals surface area contributed by atoms with Crippen LogP contribution >= 0.6 is 15.9 Å². The van der Waals surface area contributed by atoms with Gasteiger partial charge in [-0.15, -0.1) is 0 Å². The molecule has 0 bridgehead atoms. The van der Waals surface area contributed by atoms with E-state index in [1.165, 1.54) is 22.3 Å². The molecule has 0 spiro atoms. The first-order valence-electron chi connectivity index (χ1n) is 8.75. The van der Waals surface area contributed by atoms with Crippen molar-refractivity contribution in [2.24, 2.45) is 0 Å². The van der Waals surface area contributed by atoms with Gasteiger partial charge in [-0.2, -0.15) is 0 Å². The summed E-state index contributed by atoms with van der Waals surface area (Å²) in [6, 6.07) is 12.0. The highest BCUT2D eigenvalue weighted by Gasteiger charge is 2.11. The Kier molecular flexibility index (Phi) is 7.53. The van der Waals surface area contributed by atoms with Gasteiger partial charge in [-0.25, -0.2) is 0 Å². The molecule has 0 aliphatic carbocycles. The zero-order chi connectivity index (χ0) is 18.2. The molecule has 25 heavy (non-hydrogen) atoms. The maximum absolute atomic E-state index is 5.98. The van der Waals surface area contributed by atoms with Crippen LogP contribution in [0.5, 0.6) is 0 Å². The van der Waals surface area contributed by atoms with Crippen LogP contribution in [-0.2, 0) is 17.6 Å². The van der Waals surface area contributed by atoms with Gasteiger partial charge in [-0.1, -0.05) is 54.1 Å². The summed E-state index contributed by atoms with van der Waals surface area (Å²) in [6.45, 7) is 5.79. The summed E-state index contributed by atoms with van der Waals surface area (Å²) in [5.41, 5.74) is 18.6. The fourth-order valence-electron chi connectivity index (χ4n) is 3.02. The zero-order valence-corrected chi connectivity index (χ0v) is 16.6. The van der Waals surface area contributed by atoms with E-state index in [4.69, 9.17) is 16.2 Å². The first-order valence-corrected chi connectivity index (χ1v) is 9.55. The molecule has 0 aromatic heterocycles. The minimum Gasteiger partial charge on any atom is -0.398 e. The highest BCUT2D eigenvalue weighted by atomic mass is 79.9. The molecule has 1 heterocycles. The Bertz CT molecular complexity index is 720. The van der Waals surface area contributed by atoms with Crippen molar-refractivity contribution in [2.75, 3.05) is 24.7 Å². The molecule has 0 fully saturated rings. The van der Waals surface area contributed by atoms with Crippen LogP contribution in [0.3, 0.4) is 0 Å². The summed E-state index contributed by atoms with van der Waals surface area (Å²) in [4.78, 5) is 0. The second kappa shape index (κ2) is 9.64. The maximum Gasteiger partial charge on any atom is 0.0653 e. The van der Waals surface area contributed by atoms with Gasteiger partial charge in [0.1, 0.15) is 0 Å². The number of nitrogens with two attached hydrogens (primary N) is 2. The van der Waals surface area contributed by atoms with E-state index in [9.17, 15) is 0 Å². The van der Waals surface area contributed by atoms with Gasteiger partial charge in [0.25, 0.3) is 0 Å². The summed E-state index contributed by atoms with van der Waals surface area (Å²) in [5.74, 6) is 0. The minimum atomic E-state index is 0.729. The van der Waals surface area contributed by atoms with E-state index in [0.717, 1.165) is 48.3 Å².